The van der Waals surface area contributed by atoms with Crippen LogP contribution in [0.15, 0.2) is 6.20 Å². The Labute approximate surface area is 85.0 Å². The maximum absolute atomic E-state index is 5.21. The molecule has 1 aromatic heterocycles. The van der Waals surface area contributed by atoms with Gasteiger partial charge in [-0.1, -0.05) is 19.8 Å². The SMILES string of the molecule is CCCCC(C)n1cc(C)[nH]c1=S. The van der Waals surface area contributed by atoms with Crippen LogP contribution in [-0.4, -0.2) is 9.55 Å². The molecule has 0 aliphatic rings. The molecule has 2 nitrogen and oxygen atoms in total. The fraction of sp³-hybridized carbons (Fsp3) is 0.700. The molecule has 1 rings (SSSR count). The number of rotatable bonds is 4. The molecule has 0 saturated carbocycles. The Balaban J connectivity index is 2.70. The van der Waals surface area contributed by atoms with Crippen LogP contribution >= 0.6 is 12.2 Å². The number of hydrogen-bond donors (Lipinski definition) is 1. The highest BCUT2D eigenvalue weighted by atomic mass is 32.1. The smallest absolute Gasteiger partial charge is 0.177 e. The van der Waals surface area contributed by atoms with Crippen molar-refractivity contribution in [1.29, 1.82) is 0 Å². The van der Waals surface area contributed by atoms with E-state index in [1.165, 1.54) is 19.3 Å². The van der Waals surface area contributed by atoms with E-state index in [-0.39, 0.29) is 0 Å². The lowest BCUT2D eigenvalue weighted by atomic mass is 10.1. The molecule has 0 aromatic carbocycles. The zero-order chi connectivity index (χ0) is 9.84. The molecule has 0 aliphatic heterocycles. The van der Waals surface area contributed by atoms with Gasteiger partial charge in [-0.3, -0.25) is 0 Å². The number of aromatic amines is 1. The van der Waals surface area contributed by atoms with Crippen LogP contribution < -0.4 is 0 Å². The summed E-state index contributed by atoms with van der Waals surface area (Å²) in [5, 5.41) is 0. The molecule has 0 fully saturated rings. The van der Waals surface area contributed by atoms with Gasteiger partial charge in [-0.05, 0) is 32.5 Å². The van der Waals surface area contributed by atoms with Crippen LogP contribution in [0, 0.1) is 11.7 Å². The highest BCUT2D eigenvalue weighted by molar-refractivity contribution is 7.71. The zero-order valence-electron chi connectivity index (χ0n) is 8.63. The van der Waals surface area contributed by atoms with Gasteiger partial charge in [0.25, 0.3) is 0 Å². The average Bonchev–Trinajstić information content (AvgIpc) is 2.41. The minimum atomic E-state index is 0.525. The van der Waals surface area contributed by atoms with Crippen LogP contribution in [-0.2, 0) is 0 Å². The second-order valence-electron chi connectivity index (χ2n) is 3.64. The Morgan fingerprint density at radius 1 is 1.62 bits per heavy atom. The van der Waals surface area contributed by atoms with E-state index in [0.29, 0.717) is 6.04 Å². The van der Waals surface area contributed by atoms with E-state index in [1.54, 1.807) is 0 Å². The summed E-state index contributed by atoms with van der Waals surface area (Å²) < 4.78 is 3.00. The first-order chi connectivity index (χ1) is 6.15. The van der Waals surface area contributed by atoms with Gasteiger partial charge in [0, 0.05) is 17.9 Å². The fourth-order valence-corrected chi connectivity index (χ4v) is 1.89. The Morgan fingerprint density at radius 3 is 2.77 bits per heavy atom. The number of hydrogen-bond acceptors (Lipinski definition) is 1. The summed E-state index contributed by atoms with van der Waals surface area (Å²) in [6.45, 7) is 6.48. The van der Waals surface area contributed by atoms with Crippen LogP contribution in [0.2, 0.25) is 0 Å². The summed E-state index contributed by atoms with van der Waals surface area (Å²) >= 11 is 5.21. The number of aryl methyl sites for hydroxylation is 1. The van der Waals surface area contributed by atoms with E-state index in [1.807, 2.05) is 6.92 Å². The van der Waals surface area contributed by atoms with Gasteiger partial charge in [-0.25, -0.2) is 0 Å². The van der Waals surface area contributed by atoms with E-state index < -0.39 is 0 Å². The summed E-state index contributed by atoms with van der Waals surface area (Å²) in [4.78, 5) is 3.14. The van der Waals surface area contributed by atoms with Crippen molar-refractivity contribution in [2.24, 2.45) is 0 Å². The molecule has 1 heterocycles. The third-order valence-corrected chi connectivity index (χ3v) is 2.63. The zero-order valence-corrected chi connectivity index (χ0v) is 9.45. The van der Waals surface area contributed by atoms with Crippen molar-refractivity contribution < 1.29 is 0 Å². The summed E-state index contributed by atoms with van der Waals surface area (Å²) in [5.41, 5.74) is 1.15. The van der Waals surface area contributed by atoms with Crippen molar-refractivity contribution >= 4 is 12.2 Å². The van der Waals surface area contributed by atoms with Gasteiger partial charge >= 0.3 is 0 Å². The van der Waals surface area contributed by atoms with Crippen LogP contribution in [0.1, 0.15) is 44.8 Å². The average molecular weight is 198 g/mol. The number of nitrogens with one attached hydrogen (secondary N) is 1. The van der Waals surface area contributed by atoms with Crippen LogP contribution in [0.25, 0.3) is 0 Å². The van der Waals surface area contributed by atoms with Gasteiger partial charge in [0.15, 0.2) is 4.77 Å². The standard InChI is InChI=1S/C10H18N2S/c1-4-5-6-9(3)12-7-8(2)11-10(12)13/h7,9H,4-6H2,1-3H3,(H,11,13). The fourth-order valence-electron chi connectivity index (χ4n) is 1.50. The quantitative estimate of drug-likeness (QED) is 0.733. The number of aromatic nitrogens is 2. The van der Waals surface area contributed by atoms with Crippen molar-refractivity contribution in [3.63, 3.8) is 0 Å². The topological polar surface area (TPSA) is 20.7 Å². The molecule has 1 atom stereocenters. The third kappa shape index (κ3) is 2.69. The minimum absolute atomic E-state index is 0.525. The first-order valence-corrected chi connectivity index (χ1v) is 5.33. The third-order valence-electron chi connectivity index (χ3n) is 2.32. The van der Waals surface area contributed by atoms with E-state index in [0.717, 1.165) is 10.5 Å². The lowest BCUT2D eigenvalue weighted by Crippen LogP contribution is -2.03. The molecule has 0 aliphatic carbocycles. The monoisotopic (exact) mass is 198 g/mol. The van der Waals surface area contributed by atoms with Gasteiger partial charge in [-0.15, -0.1) is 0 Å². The molecule has 0 bridgehead atoms. The first-order valence-electron chi connectivity index (χ1n) is 4.93. The minimum Gasteiger partial charge on any atom is -0.335 e. The van der Waals surface area contributed by atoms with Gasteiger partial charge in [0.05, 0.1) is 0 Å². The lowest BCUT2D eigenvalue weighted by Gasteiger charge is -2.11. The number of imidazole rings is 1. The highest BCUT2D eigenvalue weighted by Gasteiger charge is 2.05. The van der Waals surface area contributed by atoms with Gasteiger partial charge in [0.2, 0.25) is 0 Å². The van der Waals surface area contributed by atoms with Gasteiger partial charge in [-0.2, -0.15) is 0 Å². The molecule has 1 unspecified atom stereocenters. The van der Waals surface area contributed by atoms with Gasteiger partial charge < -0.3 is 9.55 Å². The second-order valence-corrected chi connectivity index (χ2v) is 4.03. The molecule has 3 heteroatoms. The van der Waals surface area contributed by atoms with Crippen LogP contribution in [0.5, 0.6) is 0 Å². The molecule has 0 radical (unpaired) electrons. The maximum atomic E-state index is 5.21. The Morgan fingerprint density at radius 2 is 2.31 bits per heavy atom. The molecular weight excluding hydrogens is 180 g/mol. The summed E-state index contributed by atoms with van der Waals surface area (Å²) in [5.74, 6) is 0. The molecule has 1 aromatic rings. The van der Waals surface area contributed by atoms with Crippen molar-refractivity contribution in [3.05, 3.63) is 16.7 Å². The molecular formula is C10H18N2S. The second kappa shape index (κ2) is 4.61. The lowest BCUT2D eigenvalue weighted by molar-refractivity contribution is 0.480. The van der Waals surface area contributed by atoms with E-state index in [4.69, 9.17) is 12.2 Å². The van der Waals surface area contributed by atoms with E-state index in [9.17, 15) is 0 Å². The molecule has 74 valence electrons. The number of unbranched alkanes of at least 4 members (excludes halogenated alkanes) is 1. The number of H-pyrrole nitrogens is 1. The molecule has 1 N–H and O–H groups in total. The summed E-state index contributed by atoms with van der Waals surface area (Å²) in [6.07, 6.45) is 5.83. The highest BCUT2D eigenvalue weighted by Crippen LogP contribution is 2.15. The van der Waals surface area contributed by atoms with E-state index >= 15 is 0 Å². The molecule has 0 saturated heterocycles. The van der Waals surface area contributed by atoms with E-state index in [2.05, 4.69) is 29.6 Å². The van der Waals surface area contributed by atoms with Crippen molar-refractivity contribution in [2.45, 2.75) is 46.1 Å². The molecule has 0 spiro atoms. The normalized spacial score (nSPS) is 13.2. The Hall–Kier alpha value is -0.570. The molecule has 0 amide bonds. The Kier molecular flexibility index (Phi) is 3.72. The predicted octanol–water partition coefficient (Wildman–Crippen LogP) is 3.61. The van der Waals surface area contributed by atoms with Crippen molar-refractivity contribution in [2.75, 3.05) is 0 Å². The van der Waals surface area contributed by atoms with Crippen molar-refractivity contribution in [3.8, 4) is 0 Å². The van der Waals surface area contributed by atoms with Crippen molar-refractivity contribution in [1.82, 2.24) is 9.55 Å². The van der Waals surface area contributed by atoms with Gasteiger partial charge in [0.1, 0.15) is 0 Å². The maximum Gasteiger partial charge on any atom is 0.177 e. The predicted molar refractivity (Wildman–Crippen MR) is 58.6 cm³/mol. The number of nitrogens with zero attached hydrogens (tertiary/aromatic N) is 1. The van der Waals surface area contributed by atoms with Crippen LogP contribution in [0.3, 0.4) is 0 Å². The first kappa shape index (κ1) is 10.5. The van der Waals surface area contributed by atoms with Crippen LogP contribution in [0.4, 0.5) is 0 Å². The summed E-state index contributed by atoms with van der Waals surface area (Å²) in [6, 6.07) is 0.525. The molecule has 13 heavy (non-hydrogen) atoms. The summed E-state index contributed by atoms with van der Waals surface area (Å²) in [7, 11) is 0. The largest absolute Gasteiger partial charge is 0.335 e. The Bertz CT molecular complexity index is 311.